The van der Waals surface area contributed by atoms with Crippen LogP contribution in [0.25, 0.3) is 0 Å². The third-order valence-electron chi connectivity index (χ3n) is 12.6. The van der Waals surface area contributed by atoms with Crippen LogP contribution in [0.15, 0.2) is 23.6 Å². The van der Waals surface area contributed by atoms with E-state index in [4.69, 9.17) is 14.2 Å². The molecule has 0 radical (unpaired) electrons. The summed E-state index contributed by atoms with van der Waals surface area (Å²) in [4.78, 5) is 99.2. The zero-order valence-electron chi connectivity index (χ0n) is 42.9. The number of aromatic nitrogens is 1. The Balaban J connectivity index is 1.61. The Morgan fingerprint density at radius 1 is 1.00 bits per heavy atom. The van der Waals surface area contributed by atoms with Crippen molar-refractivity contribution in [1.29, 1.82) is 0 Å². The second-order valence-electron chi connectivity index (χ2n) is 18.5. The van der Waals surface area contributed by atoms with Crippen LogP contribution in [-0.4, -0.2) is 133 Å². The van der Waals surface area contributed by atoms with Gasteiger partial charge < -0.3 is 40.2 Å². The molecule has 1 fully saturated rings. The Morgan fingerprint density at radius 2 is 1.76 bits per heavy atom. The van der Waals surface area contributed by atoms with E-state index >= 15 is 0 Å². The van der Waals surface area contributed by atoms with Gasteiger partial charge >= 0.3 is 5.97 Å². The Labute approximate surface area is 418 Å². The molecule has 1 saturated heterocycles. The average Bonchev–Trinajstić information content (AvgIpc) is 3.82. The number of phenolic OH excluding ortho intramolecular Hbond substituents is 1. The number of anilines is 1. The first kappa shape index (κ1) is 59.1. The maximum absolute atomic E-state index is 14.4. The van der Waals surface area contributed by atoms with E-state index in [1.807, 2.05) is 48.6 Å². The minimum atomic E-state index is -0.838. The number of carbonyl (C=O) groups excluding carboxylic acids is 7. The number of piperidine rings is 1. The number of likely N-dealkylation sites (tertiary alicyclic amines) is 1. The van der Waals surface area contributed by atoms with Crippen LogP contribution in [0.1, 0.15) is 146 Å². The molecule has 0 aliphatic carbocycles. The summed E-state index contributed by atoms with van der Waals surface area (Å²) in [6, 6.07) is 3.97. The molecular formula is C52H78N6O11S. The van der Waals surface area contributed by atoms with E-state index in [2.05, 4.69) is 37.7 Å². The SMILES string of the molecule is CCC[C@H](Cc1ccc(O)c(NC(=O)CCOCCCC(=O)C#CC(=O)NCCOCC)c1)NC(=O)c1csc([C@@H](C[C@H](C(C)C)N(C)C(=O)[C@@H](CC(=O)[C@H]2CCCCN2C)[C@@H](C)CC)OC(C)=O)n1. The first-order chi connectivity index (χ1) is 33.4. The molecule has 70 heavy (non-hydrogen) atoms. The summed E-state index contributed by atoms with van der Waals surface area (Å²) in [5.74, 6) is 1.58. The van der Waals surface area contributed by atoms with E-state index in [9.17, 15) is 38.7 Å². The number of hydrogen-bond acceptors (Lipinski definition) is 14. The monoisotopic (exact) mass is 995 g/mol. The fourth-order valence-corrected chi connectivity index (χ4v) is 9.31. The maximum atomic E-state index is 14.4. The normalized spacial score (nSPS) is 15.9. The minimum absolute atomic E-state index is 0.00582. The number of hydrogen-bond donors (Lipinski definition) is 4. The molecule has 4 amide bonds. The first-order valence-electron chi connectivity index (χ1n) is 24.9. The smallest absolute Gasteiger partial charge is 0.303 e. The van der Waals surface area contributed by atoms with Crippen molar-refractivity contribution in [3.8, 4) is 17.6 Å². The van der Waals surface area contributed by atoms with Crippen molar-refractivity contribution in [3.05, 3.63) is 39.8 Å². The number of rotatable bonds is 30. The van der Waals surface area contributed by atoms with E-state index in [1.165, 1.54) is 24.3 Å². The molecule has 1 aromatic carbocycles. The Hall–Kier alpha value is -5.22. The van der Waals surface area contributed by atoms with Gasteiger partial charge in [0, 0.05) is 82.3 Å². The van der Waals surface area contributed by atoms with Crippen molar-refractivity contribution in [2.24, 2.45) is 17.8 Å². The van der Waals surface area contributed by atoms with Gasteiger partial charge in [-0.3, -0.25) is 38.5 Å². The standard InChI is InChI=1S/C52H78N6O11S/c1-10-16-38(29-37-19-21-45(61)41(30-37)55-49(64)23-27-68-26-15-17-39(60)20-22-48(63)53-24-28-67-12-3)54-50(65)42-33-70-51(56-42)47(69-36(7)59)32-44(34(4)5)58(9)52(66)40(35(6)11-2)31-46(62)43-18-13-14-25-57(43)8/h19,21,30,33-35,38,40,43-44,47,61H,10-18,23-29,31-32H2,1-9H3,(H,53,63)(H,54,65)(H,55,64)/t35-,38+,40-,43+,44+,47+/m0/s1. The number of nitrogens with zero attached hydrogens (tertiary/aromatic N) is 3. The molecule has 0 saturated carbocycles. The van der Waals surface area contributed by atoms with Gasteiger partial charge in [-0.15, -0.1) is 11.3 Å². The fraction of sp³-hybridized carbons (Fsp3) is 0.654. The largest absolute Gasteiger partial charge is 0.506 e. The highest BCUT2D eigenvalue weighted by atomic mass is 32.1. The number of aromatic hydroxyl groups is 1. The van der Waals surface area contributed by atoms with E-state index in [0.29, 0.717) is 44.0 Å². The average molecular weight is 995 g/mol. The second kappa shape index (κ2) is 31.2. The molecule has 1 aliphatic rings. The number of thiazole rings is 1. The highest BCUT2D eigenvalue weighted by molar-refractivity contribution is 7.09. The fourth-order valence-electron chi connectivity index (χ4n) is 8.47. The highest BCUT2D eigenvalue weighted by Gasteiger charge is 2.37. The molecule has 1 aromatic heterocycles. The van der Waals surface area contributed by atoms with Crippen molar-refractivity contribution in [3.63, 3.8) is 0 Å². The predicted molar refractivity (Wildman–Crippen MR) is 269 cm³/mol. The number of phenols is 1. The quantitative estimate of drug-likeness (QED) is 0.0218. The van der Waals surface area contributed by atoms with E-state index in [0.717, 1.165) is 44.2 Å². The lowest BCUT2D eigenvalue weighted by Gasteiger charge is -2.37. The van der Waals surface area contributed by atoms with Crippen molar-refractivity contribution < 1.29 is 52.9 Å². The van der Waals surface area contributed by atoms with Crippen LogP contribution in [0.4, 0.5) is 5.69 Å². The topological polar surface area (TPSA) is 223 Å². The van der Waals surface area contributed by atoms with Crippen LogP contribution < -0.4 is 16.0 Å². The van der Waals surface area contributed by atoms with Crippen LogP contribution >= 0.6 is 11.3 Å². The number of Topliss-reactive ketones (excluding diaryl/α,β-unsaturated/α-hetero) is 2. The molecule has 3 rings (SSSR count). The highest BCUT2D eigenvalue weighted by Crippen LogP contribution is 2.33. The van der Waals surface area contributed by atoms with Gasteiger partial charge in [-0.1, -0.05) is 59.9 Å². The Kier molecular flexibility index (Phi) is 26.3. The molecule has 18 heteroatoms. The maximum Gasteiger partial charge on any atom is 0.303 e. The number of carbonyl (C=O) groups is 7. The molecule has 2 heterocycles. The summed E-state index contributed by atoms with van der Waals surface area (Å²) < 4.78 is 16.5. The Bertz CT molecular complexity index is 2100. The van der Waals surface area contributed by atoms with Gasteiger partial charge in [0.05, 0.1) is 31.4 Å². The third kappa shape index (κ3) is 20.2. The lowest BCUT2D eigenvalue weighted by Crippen LogP contribution is -2.48. The van der Waals surface area contributed by atoms with Crippen LogP contribution in [0.5, 0.6) is 5.75 Å². The summed E-state index contributed by atoms with van der Waals surface area (Å²) in [5, 5.41) is 21.0. The molecule has 388 valence electrons. The number of ether oxygens (including phenoxy) is 3. The van der Waals surface area contributed by atoms with Crippen molar-refractivity contribution in [2.75, 3.05) is 58.9 Å². The predicted octanol–water partition coefficient (Wildman–Crippen LogP) is 6.42. The molecule has 0 bridgehead atoms. The number of esters is 1. The summed E-state index contributed by atoms with van der Waals surface area (Å²) >= 11 is 1.20. The molecule has 17 nitrogen and oxygen atoms in total. The number of nitrogens with one attached hydrogen (secondary N) is 3. The van der Waals surface area contributed by atoms with E-state index in [1.54, 1.807) is 29.5 Å². The van der Waals surface area contributed by atoms with Crippen molar-refractivity contribution in [1.82, 2.24) is 25.4 Å². The minimum Gasteiger partial charge on any atom is -0.506 e. The lowest BCUT2D eigenvalue weighted by atomic mass is 9.83. The number of ketones is 2. The Morgan fingerprint density at radius 3 is 2.43 bits per heavy atom. The van der Waals surface area contributed by atoms with Crippen LogP contribution in [0.3, 0.4) is 0 Å². The van der Waals surface area contributed by atoms with Gasteiger partial charge in [-0.25, -0.2) is 4.98 Å². The lowest BCUT2D eigenvalue weighted by molar-refractivity contribution is -0.149. The molecule has 0 spiro atoms. The molecule has 0 unspecified atom stereocenters. The summed E-state index contributed by atoms with van der Waals surface area (Å²) in [5.41, 5.74) is 1.12. The van der Waals surface area contributed by atoms with Crippen molar-refractivity contribution >= 4 is 58.2 Å². The number of benzene rings is 1. The van der Waals surface area contributed by atoms with Gasteiger partial charge in [-0.2, -0.15) is 0 Å². The zero-order valence-corrected chi connectivity index (χ0v) is 43.7. The van der Waals surface area contributed by atoms with Crippen molar-refractivity contribution in [2.45, 2.75) is 150 Å². The summed E-state index contributed by atoms with van der Waals surface area (Å²) in [7, 11) is 3.73. The van der Waals surface area contributed by atoms with E-state index < -0.39 is 41.5 Å². The van der Waals surface area contributed by atoms with Crippen LogP contribution in [0.2, 0.25) is 0 Å². The number of likely N-dealkylation sites (N-methyl/N-ethyl adjacent to an activating group) is 1. The summed E-state index contributed by atoms with van der Waals surface area (Å²) in [6.45, 7) is 15.6. The second-order valence-corrected chi connectivity index (χ2v) is 19.4. The molecule has 2 aromatic rings. The van der Waals surface area contributed by atoms with Gasteiger partial charge in [0.1, 0.15) is 16.5 Å². The van der Waals surface area contributed by atoms with Gasteiger partial charge in [-0.05, 0) is 88.1 Å². The van der Waals surface area contributed by atoms with E-state index in [-0.39, 0.29) is 97.7 Å². The summed E-state index contributed by atoms with van der Waals surface area (Å²) in [6.07, 6.45) is 5.38. The molecule has 1 aliphatic heterocycles. The van der Waals surface area contributed by atoms with Gasteiger partial charge in [0.15, 0.2) is 11.9 Å². The molecule has 6 atom stereocenters. The van der Waals surface area contributed by atoms with Crippen LogP contribution in [0, 0.1) is 29.6 Å². The van der Waals surface area contributed by atoms with Gasteiger partial charge in [0.25, 0.3) is 11.8 Å². The number of amides is 4. The zero-order chi connectivity index (χ0) is 51.8. The van der Waals surface area contributed by atoms with Gasteiger partial charge in [0.2, 0.25) is 17.6 Å². The van der Waals surface area contributed by atoms with Crippen LogP contribution in [-0.2, 0) is 49.4 Å². The molecule has 4 N–H and O–H groups in total. The third-order valence-corrected chi connectivity index (χ3v) is 13.6. The first-order valence-corrected chi connectivity index (χ1v) is 25.8. The molecular weight excluding hydrogens is 917 g/mol.